The van der Waals surface area contributed by atoms with E-state index in [0.717, 1.165) is 10.6 Å². The summed E-state index contributed by atoms with van der Waals surface area (Å²) in [6.07, 6.45) is 1.55. The second kappa shape index (κ2) is 6.54. The lowest BCUT2D eigenvalue weighted by Crippen LogP contribution is -2.22. The zero-order chi connectivity index (χ0) is 19.8. The number of rotatable bonds is 4. The molecule has 1 aliphatic rings. The van der Waals surface area contributed by atoms with Crippen LogP contribution in [-0.4, -0.2) is 37.2 Å². The molecule has 0 unspecified atom stereocenters. The number of amides is 1. The summed E-state index contributed by atoms with van der Waals surface area (Å²) in [6, 6.07) is 7.93. The zero-order valence-electron chi connectivity index (χ0n) is 14.8. The van der Waals surface area contributed by atoms with Crippen LogP contribution in [0.5, 0.6) is 0 Å². The molecule has 1 amide bonds. The number of non-ortho nitro benzene ring substituents is 1. The van der Waals surface area contributed by atoms with Crippen molar-refractivity contribution in [3.63, 3.8) is 0 Å². The molecule has 0 saturated heterocycles. The smallest absolute Gasteiger partial charge is 0.293 e. The fraction of sp³-hybridized carbons (Fsp3) is 0.118. The van der Waals surface area contributed by atoms with E-state index in [1.165, 1.54) is 12.1 Å². The molecule has 0 atom stereocenters. The summed E-state index contributed by atoms with van der Waals surface area (Å²) in [5.74, 6) is 0.500. The minimum atomic E-state index is -0.460. The van der Waals surface area contributed by atoms with Gasteiger partial charge in [0.15, 0.2) is 0 Å². The van der Waals surface area contributed by atoms with Crippen molar-refractivity contribution < 1.29 is 14.1 Å². The highest BCUT2D eigenvalue weighted by molar-refractivity contribution is 6.31. The highest BCUT2D eigenvalue weighted by Gasteiger charge is 2.31. The number of nitrogens with zero attached hydrogens (tertiary/aromatic N) is 6. The Morgan fingerprint density at radius 2 is 2.07 bits per heavy atom. The molecular formula is C17H13N7O4. The first kappa shape index (κ1) is 17.3. The van der Waals surface area contributed by atoms with Gasteiger partial charge in [0, 0.05) is 17.7 Å². The van der Waals surface area contributed by atoms with Gasteiger partial charge < -0.3 is 4.42 Å². The van der Waals surface area contributed by atoms with E-state index in [-0.39, 0.29) is 11.6 Å². The Morgan fingerprint density at radius 1 is 1.25 bits per heavy atom. The number of furan rings is 1. The van der Waals surface area contributed by atoms with Gasteiger partial charge in [0.25, 0.3) is 17.5 Å². The molecule has 11 nitrogen and oxygen atoms in total. The van der Waals surface area contributed by atoms with Gasteiger partial charge in [-0.15, -0.1) is 5.10 Å². The number of H-pyrrole nitrogens is 1. The number of aryl methyl sites for hydroxylation is 1. The SMILES string of the molecule is CC1=NN(c2nn[nH]n2)C(=O)C1=Cc1ccc(-c2cc([N+](=O)[O-])ccc2C)o1. The number of carbonyl (C=O) groups excluding carboxylic acids is 1. The van der Waals surface area contributed by atoms with Crippen molar-refractivity contribution in [2.75, 3.05) is 5.01 Å². The van der Waals surface area contributed by atoms with Crippen LogP contribution in [0, 0.1) is 17.0 Å². The van der Waals surface area contributed by atoms with E-state index in [2.05, 4.69) is 25.7 Å². The molecule has 0 saturated carbocycles. The van der Waals surface area contributed by atoms with Gasteiger partial charge in [0.05, 0.1) is 16.2 Å². The first-order valence-electron chi connectivity index (χ1n) is 8.14. The third-order valence-corrected chi connectivity index (χ3v) is 4.20. The summed E-state index contributed by atoms with van der Waals surface area (Å²) in [5.41, 5.74) is 2.20. The number of tetrazole rings is 1. The van der Waals surface area contributed by atoms with E-state index >= 15 is 0 Å². The first-order chi connectivity index (χ1) is 13.4. The predicted octanol–water partition coefficient (Wildman–Crippen LogP) is 2.48. The minimum absolute atomic E-state index is 0.0263. The van der Waals surface area contributed by atoms with Crippen LogP contribution in [-0.2, 0) is 4.79 Å². The van der Waals surface area contributed by atoms with Gasteiger partial charge in [-0.1, -0.05) is 11.2 Å². The number of aromatic amines is 1. The molecule has 28 heavy (non-hydrogen) atoms. The average molecular weight is 379 g/mol. The minimum Gasteiger partial charge on any atom is -0.457 e. The van der Waals surface area contributed by atoms with Crippen LogP contribution in [0.4, 0.5) is 11.6 Å². The van der Waals surface area contributed by atoms with Crippen LogP contribution in [0.15, 0.2) is 45.4 Å². The first-order valence-corrected chi connectivity index (χ1v) is 8.14. The molecule has 4 rings (SSSR count). The van der Waals surface area contributed by atoms with Crippen LogP contribution in [0.1, 0.15) is 18.2 Å². The van der Waals surface area contributed by atoms with Crippen molar-refractivity contribution >= 4 is 29.3 Å². The van der Waals surface area contributed by atoms with Gasteiger partial charge in [-0.2, -0.15) is 15.3 Å². The van der Waals surface area contributed by atoms with E-state index in [1.54, 1.807) is 31.2 Å². The quantitative estimate of drug-likeness (QED) is 0.416. The number of anilines is 1. The number of nitro benzene ring substituents is 1. The largest absolute Gasteiger partial charge is 0.457 e. The van der Waals surface area contributed by atoms with Crippen molar-refractivity contribution in [2.24, 2.45) is 5.10 Å². The topological polar surface area (TPSA) is 143 Å². The molecular weight excluding hydrogens is 366 g/mol. The number of hydrazone groups is 1. The average Bonchev–Trinajstić information content (AvgIpc) is 3.40. The van der Waals surface area contributed by atoms with E-state index in [0.29, 0.717) is 28.4 Å². The zero-order valence-corrected chi connectivity index (χ0v) is 14.8. The maximum atomic E-state index is 12.6. The van der Waals surface area contributed by atoms with Gasteiger partial charge in [-0.25, -0.2) is 0 Å². The number of carbonyl (C=O) groups is 1. The number of aromatic nitrogens is 4. The second-order valence-corrected chi connectivity index (χ2v) is 6.03. The second-order valence-electron chi connectivity index (χ2n) is 6.03. The lowest BCUT2D eigenvalue weighted by molar-refractivity contribution is -0.384. The Balaban J connectivity index is 1.66. The van der Waals surface area contributed by atoms with Crippen LogP contribution < -0.4 is 5.01 Å². The van der Waals surface area contributed by atoms with E-state index in [4.69, 9.17) is 4.42 Å². The fourth-order valence-electron chi connectivity index (χ4n) is 2.77. The van der Waals surface area contributed by atoms with Gasteiger partial charge in [-0.05, 0) is 42.8 Å². The molecule has 11 heteroatoms. The van der Waals surface area contributed by atoms with E-state index in [1.807, 2.05) is 6.92 Å². The molecule has 0 spiro atoms. The third-order valence-electron chi connectivity index (χ3n) is 4.20. The summed E-state index contributed by atoms with van der Waals surface area (Å²) >= 11 is 0. The van der Waals surface area contributed by atoms with Crippen LogP contribution in [0.2, 0.25) is 0 Å². The third kappa shape index (κ3) is 2.94. The van der Waals surface area contributed by atoms with Gasteiger partial charge in [0.1, 0.15) is 11.5 Å². The van der Waals surface area contributed by atoms with Gasteiger partial charge >= 0.3 is 0 Å². The normalized spacial score (nSPS) is 15.4. The van der Waals surface area contributed by atoms with Crippen molar-refractivity contribution in [1.82, 2.24) is 20.6 Å². The van der Waals surface area contributed by atoms with Crippen molar-refractivity contribution in [3.8, 4) is 11.3 Å². The molecule has 0 aliphatic carbocycles. The van der Waals surface area contributed by atoms with E-state index in [9.17, 15) is 14.9 Å². The van der Waals surface area contributed by atoms with Gasteiger partial charge in [-0.3, -0.25) is 14.9 Å². The standard InChI is InChI=1S/C17H13N7O4/c1-9-3-4-11(24(26)27)7-13(9)15-6-5-12(28-15)8-14-10(2)20-23(16(14)25)17-18-21-22-19-17/h3-8H,1-2H3,(H,18,19,21,22). The Hall–Kier alpha value is -4.15. The molecule has 1 aliphatic heterocycles. The maximum Gasteiger partial charge on any atom is 0.293 e. The number of benzene rings is 1. The fourth-order valence-corrected chi connectivity index (χ4v) is 2.77. The van der Waals surface area contributed by atoms with E-state index < -0.39 is 10.8 Å². The van der Waals surface area contributed by atoms with Crippen molar-refractivity contribution in [3.05, 3.63) is 57.3 Å². The molecule has 0 bridgehead atoms. The molecule has 1 N–H and O–H groups in total. The number of nitrogens with one attached hydrogen (secondary N) is 1. The van der Waals surface area contributed by atoms with Crippen LogP contribution in [0.25, 0.3) is 17.4 Å². The predicted molar refractivity (Wildman–Crippen MR) is 98.3 cm³/mol. The summed E-state index contributed by atoms with van der Waals surface area (Å²) in [4.78, 5) is 23.1. The van der Waals surface area contributed by atoms with Crippen LogP contribution >= 0.6 is 0 Å². The molecule has 0 fully saturated rings. The Morgan fingerprint density at radius 3 is 2.79 bits per heavy atom. The van der Waals surface area contributed by atoms with Crippen molar-refractivity contribution in [2.45, 2.75) is 13.8 Å². The Bertz CT molecular complexity index is 1140. The van der Waals surface area contributed by atoms with Gasteiger partial charge in [0.2, 0.25) is 0 Å². The summed E-state index contributed by atoms with van der Waals surface area (Å²) in [5, 5.41) is 29.4. The highest BCUT2D eigenvalue weighted by Crippen LogP contribution is 2.30. The summed E-state index contributed by atoms with van der Waals surface area (Å²) < 4.78 is 5.80. The highest BCUT2D eigenvalue weighted by atomic mass is 16.6. The number of hydrogen-bond donors (Lipinski definition) is 1. The molecule has 2 aromatic heterocycles. The molecule has 1 aromatic carbocycles. The molecule has 3 aromatic rings. The molecule has 3 heterocycles. The number of hydrogen-bond acceptors (Lipinski definition) is 8. The Labute approximate surface area is 157 Å². The Kier molecular flexibility index (Phi) is 4.03. The monoisotopic (exact) mass is 379 g/mol. The molecule has 140 valence electrons. The number of nitro groups is 1. The maximum absolute atomic E-state index is 12.6. The summed E-state index contributed by atoms with van der Waals surface area (Å²) in [7, 11) is 0. The lowest BCUT2D eigenvalue weighted by Gasteiger charge is -2.04. The molecule has 0 radical (unpaired) electrons. The van der Waals surface area contributed by atoms with Crippen LogP contribution in [0.3, 0.4) is 0 Å². The lowest BCUT2D eigenvalue weighted by atomic mass is 10.1. The van der Waals surface area contributed by atoms with Crippen molar-refractivity contribution in [1.29, 1.82) is 0 Å². The summed E-state index contributed by atoms with van der Waals surface area (Å²) in [6.45, 7) is 3.51.